The first kappa shape index (κ1) is 23.0. The monoisotopic (exact) mass is 429 g/mol. The highest BCUT2D eigenvalue weighted by molar-refractivity contribution is 7.89. The highest BCUT2D eigenvalue weighted by atomic mass is 32.2. The second-order valence-corrected chi connectivity index (χ2v) is 11.5. The molecule has 2 N–H and O–H groups in total. The van der Waals surface area contributed by atoms with Gasteiger partial charge in [-0.3, -0.25) is 0 Å². The van der Waals surface area contributed by atoms with Gasteiger partial charge in [0.05, 0.1) is 4.90 Å². The van der Waals surface area contributed by atoms with Crippen LogP contribution in [0.1, 0.15) is 63.1 Å². The summed E-state index contributed by atoms with van der Waals surface area (Å²) >= 11 is 0. The van der Waals surface area contributed by atoms with Gasteiger partial charge in [0.25, 0.3) is 0 Å². The third kappa shape index (κ3) is 5.71. The van der Waals surface area contributed by atoms with E-state index in [0.29, 0.717) is 17.9 Å². The summed E-state index contributed by atoms with van der Waals surface area (Å²) in [7, 11) is -3.53. The van der Waals surface area contributed by atoms with Gasteiger partial charge in [0, 0.05) is 13.2 Å². The molecule has 0 spiro atoms. The maximum atomic E-state index is 12.9. The minimum atomic E-state index is -3.53. The Morgan fingerprint density at radius 1 is 0.933 bits per heavy atom. The highest BCUT2D eigenvalue weighted by Gasteiger charge is 2.35. The van der Waals surface area contributed by atoms with Crippen molar-refractivity contribution < 1.29 is 13.5 Å². The maximum Gasteiger partial charge on any atom is 0.240 e. The Morgan fingerprint density at radius 3 is 2.03 bits per heavy atom. The quantitative estimate of drug-likeness (QED) is 0.644. The summed E-state index contributed by atoms with van der Waals surface area (Å²) in [6.07, 6.45) is 5.90. The Kier molecular flexibility index (Phi) is 7.05. The smallest absolute Gasteiger partial charge is 0.240 e. The first-order chi connectivity index (χ1) is 14.1. The van der Waals surface area contributed by atoms with Gasteiger partial charge in [0.15, 0.2) is 0 Å². The van der Waals surface area contributed by atoms with Crippen LogP contribution in [0.3, 0.4) is 0 Å². The van der Waals surface area contributed by atoms with Gasteiger partial charge in [0.2, 0.25) is 10.0 Å². The van der Waals surface area contributed by atoms with Crippen molar-refractivity contribution in [2.24, 2.45) is 5.41 Å². The summed E-state index contributed by atoms with van der Waals surface area (Å²) < 4.78 is 28.8. The molecule has 1 saturated carbocycles. The van der Waals surface area contributed by atoms with Gasteiger partial charge in [-0.25, -0.2) is 13.1 Å². The lowest BCUT2D eigenvalue weighted by atomic mass is 9.80. The summed E-state index contributed by atoms with van der Waals surface area (Å²) in [6, 6.07) is 15.6. The topological polar surface area (TPSA) is 66.4 Å². The van der Waals surface area contributed by atoms with Crippen LogP contribution < -0.4 is 4.72 Å². The summed E-state index contributed by atoms with van der Waals surface area (Å²) in [5.41, 5.74) is 3.44. The standard InChI is InChI=1S/C25H35NO3S/c1-24(2,3)22-10-12-23(13-11-22)30(28,29)26-19-25(15-4-5-16-25)18-21-8-6-20(7-9-21)14-17-27/h6-13,26-27H,4-5,14-19H2,1-3H3. The first-order valence-corrected chi connectivity index (χ1v) is 12.4. The summed E-state index contributed by atoms with van der Waals surface area (Å²) in [5, 5.41) is 9.09. The third-order valence-electron chi connectivity index (χ3n) is 6.33. The Bertz CT molecular complexity index is 920. The molecule has 1 fully saturated rings. The fraction of sp³-hybridized carbons (Fsp3) is 0.520. The van der Waals surface area contributed by atoms with Crippen LogP contribution in [0, 0.1) is 5.41 Å². The van der Waals surface area contributed by atoms with Gasteiger partial charge in [-0.05, 0) is 65.3 Å². The molecular weight excluding hydrogens is 394 g/mol. The second-order valence-electron chi connectivity index (χ2n) is 9.77. The number of rotatable bonds is 8. The Morgan fingerprint density at radius 2 is 1.50 bits per heavy atom. The number of hydrogen-bond donors (Lipinski definition) is 2. The van der Waals surface area contributed by atoms with Crippen LogP contribution in [0.5, 0.6) is 0 Å². The maximum absolute atomic E-state index is 12.9. The molecule has 2 aromatic carbocycles. The lowest BCUT2D eigenvalue weighted by Gasteiger charge is -2.29. The normalized spacial score (nSPS) is 16.7. The van der Waals surface area contributed by atoms with E-state index in [1.54, 1.807) is 12.1 Å². The van der Waals surface area contributed by atoms with Crippen molar-refractivity contribution in [1.82, 2.24) is 4.72 Å². The first-order valence-electron chi connectivity index (χ1n) is 10.9. The van der Waals surface area contributed by atoms with E-state index in [0.717, 1.165) is 43.2 Å². The lowest BCUT2D eigenvalue weighted by Crippen LogP contribution is -2.37. The summed E-state index contributed by atoms with van der Waals surface area (Å²) in [4.78, 5) is 0.331. The van der Waals surface area contributed by atoms with Crippen molar-refractivity contribution in [3.05, 3.63) is 65.2 Å². The van der Waals surface area contributed by atoms with Crippen molar-refractivity contribution in [2.75, 3.05) is 13.2 Å². The molecule has 0 unspecified atom stereocenters. The van der Waals surface area contributed by atoms with E-state index >= 15 is 0 Å². The number of hydrogen-bond acceptors (Lipinski definition) is 3. The van der Waals surface area contributed by atoms with Crippen molar-refractivity contribution in [3.8, 4) is 0 Å². The summed E-state index contributed by atoms with van der Waals surface area (Å²) in [6.45, 7) is 6.98. The average Bonchev–Trinajstić information content (AvgIpc) is 3.17. The van der Waals surface area contributed by atoms with Crippen LogP contribution in [0.25, 0.3) is 0 Å². The van der Waals surface area contributed by atoms with Crippen LogP contribution in [0.15, 0.2) is 53.4 Å². The second kappa shape index (κ2) is 9.21. The van der Waals surface area contributed by atoms with Gasteiger partial charge >= 0.3 is 0 Å². The number of aliphatic hydroxyl groups excluding tert-OH is 1. The number of benzene rings is 2. The molecule has 3 rings (SSSR count). The minimum Gasteiger partial charge on any atom is -0.396 e. The van der Waals surface area contributed by atoms with Crippen LogP contribution >= 0.6 is 0 Å². The predicted molar refractivity (Wildman–Crippen MR) is 122 cm³/mol. The van der Waals surface area contributed by atoms with E-state index in [-0.39, 0.29) is 17.4 Å². The third-order valence-corrected chi connectivity index (χ3v) is 7.75. The van der Waals surface area contributed by atoms with Gasteiger partial charge in [-0.15, -0.1) is 0 Å². The SMILES string of the molecule is CC(C)(C)c1ccc(S(=O)(=O)NCC2(Cc3ccc(CCO)cc3)CCCC2)cc1. The molecule has 164 valence electrons. The van der Waals surface area contributed by atoms with Gasteiger partial charge in [-0.1, -0.05) is 70.0 Å². The number of sulfonamides is 1. The molecule has 0 radical (unpaired) electrons. The zero-order valence-electron chi connectivity index (χ0n) is 18.4. The predicted octanol–water partition coefficient (Wildman–Crippen LogP) is 4.60. The van der Waals surface area contributed by atoms with Crippen LogP contribution in [0.4, 0.5) is 0 Å². The molecule has 0 amide bonds. The largest absolute Gasteiger partial charge is 0.396 e. The molecule has 0 saturated heterocycles. The molecule has 2 aromatic rings. The van der Waals surface area contributed by atoms with E-state index in [1.165, 1.54) is 5.56 Å². The van der Waals surface area contributed by atoms with E-state index in [2.05, 4.69) is 49.8 Å². The molecule has 0 atom stereocenters. The molecule has 0 heterocycles. The van der Waals surface area contributed by atoms with E-state index in [4.69, 9.17) is 5.11 Å². The molecular formula is C25H35NO3S. The van der Waals surface area contributed by atoms with Crippen molar-refractivity contribution >= 4 is 10.0 Å². The fourth-order valence-electron chi connectivity index (χ4n) is 4.39. The summed E-state index contributed by atoms with van der Waals surface area (Å²) in [5.74, 6) is 0. The highest BCUT2D eigenvalue weighted by Crippen LogP contribution is 2.41. The zero-order valence-corrected chi connectivity index (χ0v) is 19.3. The van der Waals surface area contributed by atoms with Crippen LogP contribution in [-0.4, -0.2) is 26.7 Å². The average molecular weight is 430 g/mol. The molecule has 1 aliphatic carbocycles. The van der Waals surface area contributed by atoms with Gasteiger partial charge < -0.3 is 5.11 Å². The van der Waals surface area contributed by atoms with Crippen LogP contribution in [0.2, 0.25) is 0 Å². The fourth-order valence-corrected chi connectivity index (χ4v) is 5.55. The van der Waals surface area contributed by atoms with E-state index < -0.39 is 10.0 Å². The molecule has 0 bridgehead atoms. The Labute approximate surface area is 181 Å². The number of aliphatic hydroxyl groups is 1. The van der Waals surface area contributed by atoms with E-state index in [1.807, 2.05) is 12.1 Å². The Hall–Kier alpha value is -1.69. The van der Waals surface area contributed by atoms with Crippen LogP contribution in [-0.2, 0) is 28.3 Å². The zero-order chi connectivity index (χ0) is 21.8. The van der Waals surface area contributed by atoms with E-state index in [9.17, 15) is 8.42 Å². The van der Waals surface area contributed by atoms with Gasteiger partial charge in [-0.2, -0.15) is 0 Å². The Balaban J connectivity index is 1.70. The molecule has 30 heavy (non-hydrogen) atoms. The molecule has 0 aliphatic heterocycles. The van der Waals surface area contributed by atoms with Crippen molar-refractivity contribution in [1.29, 1.82) is 0 Å². The molecule has 4 nitrogen and oxygen atoms in total. The molecule has 0 aromatic heterocycles. The minimum absolute atomic E-state index is 0.00362. The van der Waals surface area contributed by atoms with Gasteiger partial charge in [0.1, 0.15) is 0 Å². The molecule has 1 aliphatic rings. The van der Waals surface area contributed by atoms with Crippen molar-refractivity contribution in [2.45, 2.75) is 69.6 Å². The molecule has 5 heteroatoms. The van der Waals surface area contributed by atoms with Crippen molar-refractivity contribution in [3.63, 3.8) is 0 Å². The number of nitrogens with one attached hydrogen (secondary N) is 1. The lowest BCUT2D eigenvalue weighted by molar-refractivity contribution is 0.294.